The fourth-order valence-corrected chi connectivity index (χ4v) is 3.46. The van der Waals surface area contributed by atoms with Gasteiger partial charge in [-0.15, -0.1) is 11.3 Å². The van der Waals surface area contributed by atoms with E-state index in [1.165, 1.54) is 11.3 Å². The van der Waals surface area contributed by atoms with Crippen molar-refractivity contribution < 1.29 is 9.90 Å². The van der Waals surface area contributed by atoms with Gasteiger partial charge >= 0.3 is 0 Å². The van der Waals surface area contributed by atoms with Crippen LogP contribution in [0, 0.1) is 5.92 Å². The number of ketones is 1. The number of thiophene rings is 1. The second kappa shape index (κ2) is 5.61. The third-order valence-electron chi connectivity index (χ3n) is 3.04. The molecule has 0 spiro atoms. The average molecular weight is 318 g/mol. The highest BCUT2D eigenvalue weighted by atomic mass is 79.9. The minimum Gasteiger partial charge on any atom is -0.393 e. The maximum absolute atomic E-state index is 11.9. The molecule has 17 heavy (non-hydrogen) atoms. The van der Waals surface area contributed by atoms with Crippen LogP contribution in [0.1, 0.15) is 22.5 Å². The van der Waals surface area contributed by atoms with Crippen molar-refractivity contribution in [3.05, 3.63) is 20.8 Å². The highest BCUT2D eigenvalue weighted by Gasteiger charge is 2.28. The first-order chi connectivity index (χ1) is 8.04. The summed E-state index contributed by atoms with van der Waals surface area (Å²) in [4.78, 5) is 14.8. The summed E-state index contributed by atoms with van der Waals surface area (Å²) in [6, 6.07) is 3.76. The molecule has 0 radical (unpaired) electrons. The monoisotopic (exact) mass is 317 g/mol. The van der Waals surface area contributed by atoms with E-state index in [0.717, 1.165) is 28.0 Å². The summed E-state index contributed by atoms with van der Waals surface area (Å²) >= 11 is 4.84. The zero-order valence-corrected chi connectivity index (χ0v) is 12.1. The molecule has 1 aliphatic carbocycles. The number of halogens is 1. The van der Waals surface area contributed by atoms with E-state index in [4.69, 9.17) is 0 Å². The van der Waals surface area contributed by atoms with Crippen LogP contribution in [0.15, 0.2) is 15.9 Å². The maximum atomic E-state index is 11.9. The zero-order valence-electron chi connectivity index (χ0n) is 9.73. The number of rotatable bonds is 5. The van der Waals surface area contributed by atoms with Crippen molar-refractivity contribution in [1.29, 1.82) is 0 Å². The van der Waals surface area contributed by atoms with Crippen molar-refractivity contribution >= 4 is 33.0 Å². The Hall–Kier alpha value is -0.230. The van der Waals surface area contributed by atoms with Crippen molar-refractivity contribution in [2.24, 2.45) is 5.92 Å². The lowest BCUT2D eigenvalue weighted by atomic mass is 9.82. The molecule has 1 saturated carbocycles. The maximum Gasteiger partial charge on any atom is 0.186 e. The third kappa shape index (κ3) is 3.61. The Morgan fingerprint density at radius 1 is 1.59 bits per heavy atom. The molecule has 0 saturated heterocycles. The van der Waals surface area contributed by atoms with E-state index in [1.54, 1.807) is 0 Å². The number of carbonyl (C=O) groups excluding carboxylic acids is 1. The Morgan fingerprint density at radius 2 is 2.29 bits per heavy atom. The van der Waals surface area contributed by atoms with Gasteiger partial charge in [0.2, 0.25) is 0 Å². The molecule has 2 rings (SSSR count). The Kier molecular flexibility index (Phi) is 4.36. The Balaban J connectivity index is 1.78. The molecule has 1 aromatic rings. The van der Waals surface area contributed by atoms with Crippen LogP contribution in [-0.4, -0.2) is 42.0 Å². The first-order valence-electron chi connectivity index (χ1n) is 5.69. The molecule has 1 aromatic heterocycles. The van der Waals surface area contributed by atoms with Crippen LogP contribution in [0.2, 0.25) is 0 Å². The Morgan fingerprint density at radius 3 is 2.82 bits per heavy atom. The van der Waals surface area contributed by atoms with Crippen LogP contribution in [-0.2, 0) is 0 Å². The molecule has 1 N–H and O–H groups in total. The van der Waals surface area contributed by atoms with Gasteiger partial charge in [-0.1, -0.05) is 0 Å². The third-order valence-corrected chi connectivity index (χ3v) is 4.71. The van der Waals surface area contributed by atoms with Gasteiger partial charge in [0.15, 0.2) is 5.78 Å². The summed E-state index contributed by atoms with van der Waals surface area (Å²) in [5, 5.41) is 9.20. The predicted molar refractivity (Wildman–Crippen MR) is 72.6 cm³/mol. The summed E-state index contributed by atoms with van der Waals surface area (Å²) in [5.74, 6) is 0.723. The van der Waals surface area contributed by atoms with E-state index in [-0.39, 0.29) is 11.9 Å². The van der Waals surface area contributed by atoms with Crippen molar-refractivity contribution in [1.82, 2.24) is 4.90 Å². The number of carbonyl (C=O) groups is 1. The van der Waals surface area contributed by atoms with E-state index in [2.05, 4.69) is 15.9 Å². The van der Waals surface area contributed by atoms with E-state index >= 15 is 0 Å². The van der Waals surface area contributed by atoms with Gasteiger partial charge in [0.05, 0.1) is 21.3 Å². The van der Waals surface area contributed by atoms with Crippen LogP contribution in [0.4, 0.5) is 0 Å². The molecule has 3 nitrogen and oxygen atoms in total. The van der Waals surface area contributed by atoms with E-state index in [0.29, 0.717) is 12.5 Å². The van der Waals surface area contributed by atoms with Gasteiger partial charge < -0.3 is 5.11 Å². The van der Waals surface area contributed by atoms with Gasteiger partial charge in [-0.25, -0.2) is 0 Å². The molecule has 0 unspecified atom stereocenters. The first kappa shape index (κ1) is 13.2. The highest BCUT2D eigenvalue weighted by molar-refractivity contribution is 9.11. The molecule has 94 valence electrons. The average Bonchev–Trinajstić information content (AvgIpc) is 2.62. The fourth-order valence-electron chi connectivity index (χ4n) is 2.14. The SMILES string of the molecule is CN(CC(=O)c1ccc(Br)s1)CC1CC(O)C1. The zero-order chi connectivity index (χ0) is 12.4. The second-order valence-electron chi connectivity index (χ2n) is 4.71. The standard InChI is InChI=1S/C12H16BrNO2S/c1-14(6-8-4-9(15)5-8)7-10(16)11-2-3-12(13)17-11/h2-3,8-9,15H,4-7H2,1H3. The van der Waals surface area contributed by atoms with Crippen molar-refractivity contribution in [2.45, 2.75) is 18.9 Å². The molecule has 5 heteroatoms. The number of aliphatic hydroxyl groups is 1. The van der Waals surface area contributed by atoms with E-state index in [1.807, 2.05) is 24.1 Å². The summed E-state index contributed by atoms with van der Waals surface area (Å²) in [5.41, 5.74) is 0. The van der Waals surface area contributed by atoms with Gasteiger partial charge in [0, 0.05) is 6.54 Å². The van der Waals surface area contributed by atoms with Gasteiger partial charge in [-0.05, 0) is 53.9 Å². The summed E-state index contributed by atoms with van der Waals surface area (Å²) in [6.07, 6.45) is 1.64. The lowest BCUT2D eigenvalue weighted by Crippen LogP contribution is -2.38. The molecule has 0 atom stereocenters. The molecule has 0 bridgehead atoms. The predicted octanol–water partition coefficient (Wildman–Crippen LogP) is 2.40. The topological polar surface area (TPSA) is 40.5 Å². The van der Waals surface area contributed by atoms with Gasteiger partial charge in [0.25, 0.3) is 0 Å². The van der Waals surface area contributed by atoms with Gasteiger partial charge in [-0.3, -0.25) is 9.69 Å². The molecular formula is C12H16BrNO2S. The minimum absolute atomic E-state index is 0.114. The second-order valence-corrected chi connectivity index (χ2v) is 7.18. The summed E-state index contributed by atoms with van der Waals surface area (Å²) < 4.78 is 0.991. The van der Waals surface area contributed by atoms with E-state index in [9.17, 15) is 9.90 Å². The van der Waals surface area contributed by atoms with Crippen LogP contribution >= 0.6 is 27.3 Å². The van der Waals surface area contributed by atoms with Crippen LogP contribution < -0.4 is 0 Å². The Bertz CT molecular complexity index is 401. The highest BCUT2D eigenvalue weighted by Crippen LogP contribution is 2.28. The summed E-state index contributed by atoms with van der Waals surface area (Å²) in [7, 11) is 1.96. The quantitative estimate of drug-likeness (QED) is 0.848. The molecule has 0 amide bonds. The lowest BCUT2D eigenvalue weighted by molar-refractivity contribution is 0.0286. The first-order valence-corrected chi connectivity index (χ1v) is 7.30. The molecule has 1 aliphatic rings. The molecule has 1 fully saturated rings. The normalized spacial score (nSPS) is 23.8. The van der Waals surface area contributed by atoms with Crippen LogP contribution in [0.5, 0.6) is 0 Å². The number of hydrogen-bond acceptors (Lipinski definition) is 4. The molecule has 0 aliphatic heterocycles. The van der Waals surface area contributed by atoms with Crippen LogP contribution in [0.3, 0.4) is 0 Å². The van der Waals surface area contributed by atoms with Crippen molar-refractivity contribution in [2.75, 3.05) is 20.1 Å². The number of hydrogen-bond donors (Lipinski definition) is 1. The molecule has 0 aromatic carbocycles. The fraction of sp³-hybridized carbons (Fsp3) is 0.583. The lowest BCUT2D eigenvalue weighted by Gasteiger charge is -2.34. The van der Waals surface area contributed by atoms with Crippen LogP contribution in [0.25, 0.3) is 0 Å². The van der Waals surface area contributed by atoms with Gasteiger partial charge in [-0.2, -0.15) is 0 Å². The smallest absolute Gasteiger partial charge is 0.186 e. The Labute approximate surface area is 114 Å². The number of nitrogens with zero attached hydrogens (tertiary/aromatic N) is 1. The van der Waals surface area contributed by atoms with E-state index < -0.39 is 0 Å². The number of aliphatic hydroxyl groups excluding tert-OH is 1. The minimum atomic E-state index is -0.114. The summed E-state index contributed by atoms with van der Waals surface area (Å²) in [6.45, 7) is 1.36. The van der Waals surface area contributed by atoms with Crippen molar-refractivity contribution in [3.8, 4) is 0 Å². The number of likely N-dealkylation sites (N-methyl/N-ethyl adjacent to an activating group) is 1. The molecular weight excluding hydrogens is 302 g/mol. The number of Topliss-reactive ketones (excluding diaryl/α,β-unsaturated/α-hetero) is 1. The largest absolute Gasteiger partial charge is 0.393 e. The molecule has 1 heterocycles. The van der Waals surface area contributed by atoms with Crippen molar-refractivity contribution in [3.63, 3.8) is 0 Å². The van der Waals surface area contributed by atoms with Gasteiger partial charge in [0.1, 0.15) is 0 Å².